The van der Waals surface area contributed by atoms with E-state index < -0.39 is 7.25 Å². The van der Waals surface area contributed by atoms with Gasteiger partial charge in [0.05, 0.1) is 12.4 Å². The highest BCUT2D eigenvalue weighted by atomic mass is 31.0. The Bertz CT molecular complexity index is 273. The van der Waals surface area contributed by atoms with Gasteiger partial charge in [-0.3, -0.25) is 0 Å². The summed E-state index contributed by atoms with van der Waals surface area (Å²) in [7, 11) is -2.47. The van der Waals surface area contributed by atoms with Crippen LogP contribution in [-0.2, 0) is 0 Å². The van der Waals surface area contributed by atoms with Crippen molar-refractivity contribution in [1.82, 2.24) is 0 Å². The summed E-state index contributed by atoms with van der Waals surface area (Å²) in [6.45, 7) is 0. The molecule has 1 unspecified atom stereocenters. The van der Waals surface area contributed by atoms with E-state index in [2.05, 4.69) is 6.07 Å². The van der Waals surface area contributed by atoms with Crippen LogP contribution in [0, 0.1) is 0 Å². The molecule has 0 aliphatic heterocycles. The molecule has 1 nitrogen and oxygen atoms in total. The van der Waals surface area contributed by atoms with Crippen LogP contribution in [0.5, 0.6) is 5.75 Å². The van der Waals surface area contributed by atoms with E-state index >= 15 is 0 Å². The zero-order chi connectivity index (χ0) is 11.2. The van der Waals surface area contributed by atoms with E-state index in [1.54, 1.807) is 7.11 Å². The fourth-order valence-corrected chi connectivity index (χ4v) is 1.01. The highest BCUT2D eigenvalue weighted by molar-refractivity contribution is 7.27. The predicted octanol–water partition coefficient (Wildman–Crippen LogP) is 2.23. The lowest BCUT2D eigenvalue weighted by atomic mass is 10.3. The first-order valence-electron chi connectivity index (χ1n) is 3.66. The summed E-state index contributed by atoms with van der Waals surface area (Å²) in [5.41, 5.74) is 0. The van der Waals surface area contributed by atoms with Gasteiger partial charge in [-0.15, -0.1) is 0 Å². The molecule has 0 radical (unpaired) electrons. The number of rotatable bonds is 1. The molecule has 1 rings (SSSR count). The molecule has 1 aromatic carbocycles. The first-order valence-corrected chi connectivity index (χ1v) is 4.37. The van der Waals surface area contributed by atoms with Crippen LogP contribution < -0.4 is 10.0 Å². The van der Waals surface area contributed by atoms with Gasteiger partial charge in [0.2, 0.25) is 0 Å². The van der Waals surface area contributed by atoms with Gasteiger partial charge in [-0.2, -0.15) is 0 Å². The lowest BCUT2D eigenvalue weighted by molar-refractivity contribution is 0.368. The van der Waals surface area contributed by atoms with Gasteiger partial charge in [-0.1, -0.05) is 6.07 Å². The number of hydrogen-bond acceptors (Lipinski definition) is 1. The second-order valence-corrected chi connectivity index (χ2v) is 3.16. The van der Waals surface area contributed by atoms with Crippen molar-refractivity contribution < 1.29 is 22.0 Å². The molecule has 0 saturated carbocycles. The van der Waals surface area contributed by atoms with Crippen molar-refractivity contribution in [2.45, 2.75) is 0 Å². The summed E-state index contributed by atoms with van der Waals surface area (Å²) in [5.74, 6) is 0.933. The number of ether oxygens (including phenoxy) is 1. The first-order chi connectivity index (χ1) is 6.33. The monoisotopic (exact) mass is 228 g/mol. The summed E-state index contributed by atoms with van der Waals surface area (Å²) >= 11 is 0. The molecule has 0 amide bonds. The highest BCUT2D eigenvalue weighted by Crippen LogP contribution is 2.07. The molecule has 0 bridgehead atoms. The molecule has 0 aromatic heterocycles. The maximum absolute atomic E-state index is 9.75. The van der Waals surface area contributed by atoms with E-state index in [4.69, 9.17) is 4.74 Å². The van der Waals surface area contributed by atoms with Crippen LogP contribution in [0.3, 0.4) is 0 Å². The van der Waals surface area contributed by atoms with E-state index in [-0.39, 0.29) is 0 Å². The molecule has 14 heavy (non-hydrogen) atoms. The average molecular weight is 228 g/mol. The molecule has 0 spiro atoms. The molecule has 0 heterocycles. The summed E-state index contributed by atoms with van der Waals surface area (Å²) in [6.07, 6.45) is 0. The van der Waals surface area contributed by atoms with Crippen molar-refractivity contribution in [2.24, 2.45) is 0 Å². The molecule has 1 aromatic rings. The van der Waals surface area contributed by atoms with Crippen molar-refractivity contribution in [3.05, 3.63) is 24.3 Å². The van der Waals surface area contributed by atoms with Gasteiger partial charge in [-0.25, -0.2) is 0 Å². The summed E-state index contributed by atoms with van der Waals surface area (Å²) in [5, 5.41) is 1.26. The fourth-order valence-electron chi connectivity index (χ4n) is 0.672. The molecule has 0 fully saturated rings. The Balaban J connectivity index is 0.000000292. The first kappa shape index (κ1) is 13.2. The highest BCUT2D eigenvalue weighted by Gasteiger charge is 2.20. The minimum atomic E-state index is -6.00. The van der Waals surface area contributed by atoms with Crippen molar-refractivity contribution >= 4 is 21.8 Å². The smallest absolute Gasteiger partial charge is 0.497 e. The van der Waals surface area contributed by atoms with Crippen LogP contribution in [0.15, 0.2) is 24.3 Å². The fraction of sp³-hybridized carbons (Fsp3) is 0.143. The lowest BCUT2D eigenvalue weighted by Crippen LogP contribution is -2.02. The second-order valence-electron chi connectivity index (χ2n) is 2.35. The Morgan fingerprint density at radius 3 is 2.00 bits per heavy atom. The summed E-state index contributed by atoms with van der Waals surface area (Å²) in [4.78, 5) is 0. The second kappa shape index (κ2) is 5.86. The van der Waals surface area contributed by atoms with Gasteiger partial charge in [0.15, 0.2) is 0 Å². The molecule has 7 heteroatoms. The van der Waals surface area contributed by atoms with Gasteiger partial charge < -0.3 is 22.0 Å². The van der Waals surface area contributed by atoms with Crippen LogP contribution in [0.1, 0.15) is 0 Å². The topological polar surface area (TPSA) is 9.23 Å². The van der Waals surface area contributed by atoms with E-state index in [1.165, 1.54) is 5.30 Å². The lowest BCUT2D eigenvalue weighted by Gasteiger charge is -1.95. The van der Waals surface area contributed by atoms with E-state index in [1.807, 2.05) is 27.4 Å². The number of benzene rings is 1. The molecule has 0 aliphatic rings. The Morgan fingerprint density at radius 1 is 1.21 bits per heavy atom. The number of halogens is 4. The SMILES string of the molecule is COc1cccc([PH3+])c1.F[B-](F)(F)F. The molecule has 80 valence electrons. The third-order valence-electron chi connectivity index (χ3n) is 1.13. The van der Waals surface area contributed by atoms with Crippen molar-refractivity contribution in [2.75, 3.05) is 7.11 Å². The van der Waals surface area contributed by atoms with Crippen LogP contribution in [-0.4, -0.2) is 14.4 Å². The molecular weight excluding hydrogens is 218 g/mol. The zero-order valence-electron chi connectivity index (χ0n) is 7.51. The largest absolute Gasteiger partial charge is 0.673 e. The third-order valence-corrected chi connectivity index (χ3v) is 1.57. The van der Waals surface area contributed by atoms with Gasteiger partial charge in [0, 0.05) is 15.3 Å². The van der Waals surface area contributed by atoms with Crippen molar-refractivity contribution in [3.63, 3.8) is 0 Å². The predicted molar refractivity (Wildman–Crippen MR) is 53.9 cm³/mol. The standard InChI is InChI=1S/C7H9OP.BF4/c1-8-6-3-2-4-7(9)5-6;2-1(3,4)5/h2-5H,9H2,1H3;/q;-1/p+1. The minimum absolute atomic E-state index is 0.933. The summed E-state index contributed by atoms with van der Waals surface area (Å²) < 4.78 is 44.0. The summed E-state index contributed by atoms with van der Waals surface area (Å²) in [6, 6.07) is 8.00. The van der Waals surface area contributed by atoms with Gasteiger partial charge >= 0.3 is 7.25 Å². The normalized spacial score (nSPS) is 10.4. The Kier molecular flexibility index (Phi) is 5.54. The molecular formula is C7H10BF4OP. The van der Waals surface area contributed by atoms with E-state index in [9.17, 15) is 17.3 Å². The average Bonchev–Trinajstić information content (AvgIpc) is 2.01. The van der Waals surface area contributed by atoms with Gasteiger partial charge in [-0.05, 0) is 12.1 Å². The van der Waals surface area contributed by atoms with Gasteiger partial charge in [0.1, 0.15) is 5.75 Å². The van der Waals surface area contributed by atoms with Crippen LogP contribution >= 0.6 is 9.24 Å². The zero-order valence-corrected chi connectivity index (χ0v) is 8.93. The Morgan fingerprint density at radius 2 is 1.71 bits per heavy atom. The van der Waals surface area contributed by atoms with E-state index in [0.717, 1.165) is 5.75 Å². The molecule has 0 saturated heterocycles. The molecule has 1 atom stereocenters. The molecule has 0 N–H and O–H groups in total. The van der Waals surface area contributed by atoms with Crippen LogP contribution in [0.25, 0.3) is 0 Å². The Hall–Kier alpha value is -0.765. The van der Waals surface area contributed by atoms with Crippen molar-refractivity contribution in [1.29, 1.82) is 0 Å². The Labute approximate surface area is 81.8 Å². The van der Waals surface area contributed by atoms with E-state index in [0.29, 0.717) is 0 Å². The third kappa shape index (κ3) is 9.32. The number of hydrogen-bond donors (Lipinski definition) is 0. The maximum atomic E-state index is 9.75. The quantitative estimate of drug-likeness (QED) is 0.406. The molecule has 0 aliphatic carbocycles. The van der Waals surface area contributed by atoms with Crippen LogP contribution in [0.2, 0.25) is 0 Å². The number of methoxy groups -OCH3 is 1. The maximum Gasteiger partial charge on any atom is 0.673 e. The van der Waals surface area contributed by atoms with Crippen LogP contribution in [0.4, 0.5) is 17.3 Å². The minimum Gasteiger partial charge on any atom is -0.497 e. The van der Waals surface area contributed by atoms with Gasteiger partial charge in [0.25, 0.3) is 0 Å². The van der Waals surface area contributed by atoms with Crippen molar-refractivity contribution in [3.8, 4) is 5.75 Å².